The Bertz CT molecular complexity index is 876. The minimum absolute atomic E-state index is 0.187. The van der Waals surface area contributed by atoms with Gasteiger partial charge in [0.05, 0.1) is 17.0 Å². The smallest absolute Gasteiger partial charge is 0.416 e. The number of aromatic nitrogens is 2. The summed E-state index contributed by atoms with van der Waals surface area (Å²) in [6, 6.07) is 4.54. The summed E-state index contributed by atoms with van der Waals surface area (Å²) in [6.45, 7) is 1.75. The van der Waals surface area contributed by atoms with Gasteiger partial charge in [-0.3, -0.25) is 0 Å². The number of aromatic hydroxyl groups is 1. The van der Waals surface area contributed by atoms with Gasteiger partial charge >= 0.3 is 6.18 Å². The first kappa shape index (κ1) is 19.2. The Labute approximate surface area is 161 Å². The second kappa shape index (κ2) is 7.03. The zero-order valence-corrected chi connectivity index (χ0v) is 15.6. The molecular formula is C21H23F3N2O2. The molecule has 0 amide bonds. The van der Waals surface area contributed by atoms with Gasteiger partial charge in [-0.1, -0.05) is 12.8 Å². The Balaban J connectivity index is 1.60. The molecule has 1 heterocycles. The number of rotatable bonds is 3. The molecule has 7 heteroatoms. The van der Waals surface area contributed by atoms with Gasteiger partial charge in [-0.2, -0.15) is 18.3 Å². The number of phenolic OH excluding ortho intramolecular Hbond substituents is 1. The van der Waals surface area contributed by atoms with Crippen LogP contribution in [0.5, 0.6) is 5.75 Å². The van der Waals surface area contributed by atoms with E-state index in [-0.39, 0.29) is 11.5 Å². The van der Waals surface area contributed by atoms with E-state index in [9.17, 15) is 23.4 Å². The first-order chi connectivity index (χ1) is 13.2. The highest BCUT2D eigenvalue weighted by atomic mass is 19.4. The van der Waals surface area contributed by atoms with Crippen LogP contribution in [-0.4, -0.2) is 20.4 Å². The Kier molecular flexibility index (Phi) is 4.81. The summed E-state index contributed by atoms with van der Waals surface area (Å²) in [5.41, 5.74) is 0.729. The largest absolute Gasteiger partial charge is 0.507 e. The number of halogens is 3. The number of phenols is 1. The Morgan fingerprint density at radius 3 is 2.32 bits per heavy atom. The molecule has 1 unspecified atom stereocenters. The molecule has 0 radical (unpaired) electrons. The summed E-state index contributed by atoms with van der Waals surface area (Å²) in [5.74, 6) is 0.888. The van der Waals surface area contributed by atoms with Gasteiger partial charge in [0, 0.05) is 5.56 Å². The quantitative estimate of drug-likeness (QED) is 0.768. The van der Waals surface area contributed by atoms with E-state index in [2.05, 4.69) is 10.2 Å². The monoisotopic (exact) mass is 392 g/mol. The lowest BCUT2D eigenvalue weighted by Gasteiger charge is -2.44. The van der Waals surface area contributed by atoms with Crippen molar-refractivity contribution in [1.82, 2.24) is 10.2 Å². The van der Waals surface area contributed by atoms with Gasteiger partial charge in [-0.25, -0.2) is 0 Å². The number of aliphatic hydroxyl groups excluding tert-OH is 1. The molecule has 2 bridgehead atoms. The standard InChI is InChI=1S/C21H23F3N2O2/c1-11-8-17(20(28)16-9-12-2-4-13(16)5-3-12)25-26-19(11)15-7-6-14(10-18(15)27)21(22,23)24/h6-8,10,12-13,16,20,27-28H,2-5,9H2,1H3/t12?,13?,16?,20-/m0/s1. The lowest BCUT2D eigenvalue weighted by Crippen LogP contribution is -2.35. The van der Waals surface area contributed by atoms with Gasteiger partial charge in [0.2, 0.25) is 0 Å². The average Bonchev–Trinajstić information content (AvgIpc) is 2.68. The number of hydrogen-bond acceptors (Lipinski definition) is 4. The van der Waals surface area contributed by atoms with Gasteiger partial charge in [0.1, 0.15) is 11.9 Å². The van der Waals surface area contributed by atoms with Crippen LogP contribution < -0.4 is 0 Å². The van der Waals surface area contributed by atoms with Crippen LogP contribution >= 0.6 is 0 Å². The van der Waals surface area contributed by atoms with E-state index in [4.69, 9.17) is 0 Å². The Morgan fingerprint density at radius 1 is 1.07 bits per heavy atom. The van der Waals surface area contributed by atoms with E-state index in [0.717, 1.165) is 25.3 Å². The minimum atomic E-state index is -4.52. The summed E-state index contributed by atoms with van der Waals surface area (Å²) >= 11 is 0. The molecule has 0 spiro atoms. The molecule has 1 aromatic heterocycles. The van der Waals surface area contributed by atoms with Crippen LogP contribution in [0.4, 0.5) is 13.2 Å². The molecule has 2 N–H and O–H groups in total. The molecule has 4 nitrogen and oxygen atoms in total. The predicted molar refractivity (Wildman–Crippen MR) is 97.4 cm³/mol. The molecule has 5 rings (SSSR count). The normalized spacial score (nSPS) is 25.7. The summed E-state index contributed by atoms with van der Waals surface area (Å²) in [5, 5.41) is 29.2. The fourth-order valence-corrected chi connectivity index (χ4v) is 4.86. The summed E-state index contributed by atoms with van der Waals surface area (Å²) in [7, 11) is 0. The lowest BCUT2D eigenvalue weighted by molar-refractivity contribution is -0.137. The van der Waals surface area contributed by atoms with Crippen LogP contribution in [0.25, 0.3) is 11.3 Å². The first-order valence-electron chi connectivity index (χ1n) is 9.67. The molecule has 2 atom stereocenters. The number of hydrogen-bond donors (Lipinski definition) is 2. The third-order valence-corrected chi connectivity index (χ3v) is 6.39. The van der Waals surface area contributed by atoms with Crippen molar-refractivity contribution >= 4 is 0 Å². The van der Waals surface area contributed by atoms with Gasteiger partial charge in [0.25, 0.3) is 0 Å². The van der Waals surface area contributed by atoms with Crippen molar-refractivity contribution in [2.45, 2.75) is 51.3 Å². The van der Waals surface area contributed by atoms with Crippen molar-refractivity contribution in [2.24, 2.45) is 17.8 Å². The van der Waals surface area contributed by atoms with Gasteiger partial charge in [-0.05, 0) is 73.8 Å². The van der Waals surface area contributed by atoms with Crippen molar-refractivity contribution < 1.29 is 23.4 Å². The van der Waals surface area contributed by atoms with Crippen LogP contribution in [0.15, 0.2) is 24.3 Å². The summed E-state index contributed by atoms with van der Waals surface area (Å²) in [4.78, 5) is 0. The number of benzene rings is 1. The second-order valence-electron chi connectivity index (χ2n) is 8.16. The lowest BCUT2D eigenvalue weighted by atomic mass is 9.63. The maximum Gasteiger partial charge on any atom is 0.416 e. The second-order valence-corrected chi connectivity index (χ2v) is 8.16. The molecule has 3 saturated carbocycles. The number of aliphatic hydroxyl groups is 1. The number of alkyl halides is 3. The average molecular weight is 392 g/mol. The highest BCUT2D eigenvalue weighted by Crippen LogP contribution is 2.49. The summed E-state index contributed by atoms with van der Waals surface area (Å²) < 4.78 is 38.4. The third kappa shape index (κ3) is 3.48. The first-order valence-corrected chi connectivity index (χ1v) is 9.67. The summed E-state index contributed by atoms with van der Waals surface area (Å²) in [6.07, 6.45) is 0.578. The van der Waals surface area contributed by atoms with Crippen LogP contribution in [-0.2, 0) is 6.18 Å². The highest BCUT2D eigenvalue weighted by molar-refractivity contribution is 5.69. The van der Waals surface area contributed by atoms with E-state index in [0.29, 0.717) is 34.9 Å². The van der Waals surface area contributed by atoms with Crippen LogP contribution in [0.2, 0.25) is 0 Å². The molecule has 3 fully saturated rings. The van der Waals surface area contributed by atoms with Crippen molar-refractivity contribution in [1.29, 1.82) is 0 Å². The van der Waals surface area contributed by atoms with Crippen molar-refractivity contribution in [2.75, 3.05) is 0 Å². The SMILES string of the molecule is Cc1cc([C@@H](O)C2CC3CCC2CC3)nnc1-c1ccc(C(F)(F)F)cc1O. The van der Waals surface area contributed by atoms with E-state index >= 15 is 0 Å². The Morgan fingerprint density at radius 2 is 1.79 bits per heavy atom. The fraction of sp³-hybridized carbons (Fsp3) is 0.524. The predicted octanol–water partition coefficient (Wildman–Crippen LogP) is 5.04. The number of aryl methyl sites for hydroxylation is 1. The molecule has 2 aromatic rings. The number of fused-ring (bicyclic) bond motifs is 3. The van der Waals surface area contributed by atoms with Crippen LogP contribution in [0.1, 0.15) is 55.0 Å². The van der Waals surface area contributed by atoms with Gasteiger partial charge in [0.15, 0.2) is 0 Å². The van der Waals surface area contributed by atoms with E-state index < -0.39 is 23.6 Å². The molecule has 3 aliphatic carbocycles. The van der Waals surface area contributed by atoms with Crippen LogP contribution in [0.3, 0.4) is 0 Å². The zero-order valence-electron chi connectivity index (χ0n) is 15.6. The van der Waals surface area contributed by atoms with E-state index in [1.54, 1.807) is 13.0 Å². The zero-order chi connectivity index (χ0) is 20.1. The molecule has 3 aliphatic rings. The molecule has 0 saturated heterocycles. The Hall–Kier alpha value is -2.15. The fourth-order valence-electron chi connectivity index (χ4n) is 4.86. The van der Waals surface area contributed by atoms with Gasteiger partial charge < -0.3 is 10.2 Å². The van der Waals surface area contributed by atoms with E-state index in [1.165, 1.54) is 18.9 Å². The highest BCUT2D eigenvalue weighted by Gasteiger charge is 2.40. The van der Waals surface area contributed by atoms with Crippen molar-refractivity contribution in [3.05, 3.63) is 41.1 Å². The van der Waals surface area contributed by atoms with Crippen molar-refractivity contribution in [3.8, 4) is 17.0 Å². The topological polar surface area (TPSA) is 66.2 Å². The maximum atomic E-state index is 12.8. The molecular weight excluding hydrogens is 369 g/mol. The van der Waals surface area contributed by atoms with E-state index in [1.807, 2.05) is 0 Å². The van der Waals surface area contributed by atoms with Crippen LogP contribution in [0, 0.1) is 24.7 Å². The van der Waals surface area contributed by atoms with Gasteiger partial charge in [-0.15, -0.1) is 5.10 Å². The minimum Gasteiger partial charge on any atom is -0.507 e. The third-order valence-electron chi connectivity index (χ3n) is 6.39. The molecule has 1 aromatic carbocycles. The molecule has 150 valence electrons. The van der Waals surface area contributed by atoms with Crippen molar-refractivity contribution in [3.63, 3.8) is 0 Å². The maximum absolute atomic E-state index is 12.8. The molecule has 28 heavy (non-hydrogen) atoms. The number of nitrogens with zero attached hydrogens (tertiary/aromatic N) is 2. The molecule has 0 aliphatic heterocycles.